The fourth-order valence-electron chi connectivity index (χ4n) is 10.1. The number of nitrogens with zero attached hydrogens (tertiary/aromatic N) is 3. The summed E-state index contributed by atoms with van der Waals surface area (Å²) >= 11 is 0. The van der Waals surface area contributed by atoms with Crippen molar-refractivity contribution in [3.05, 3.63) is 212 Å². The maximum absolute atomic E-state index is 5.26. The van der Waals surface area contributed by atoms with Gasteiger partial charge in [-0.15, -0.1) is 0 Å². The third-order valence-electron chi connectivity index (χ3n) is 12.7. The third-order valence-corrected chi connectivity index (χ3v) is 12.7. The van der Waals surface area contributed by atoms with Crippen molar-refractivity contribution in [3.8, 4) is 33.8 Å². The van der Waals surface area contributed by atoms with Crippen LogP contribution in [0.15, 0.2) is 212 Å². The number of fused-ring (bicyclic) bond motifs is 10. The van der Waals surface area contributed by atoms with Crippen molar-refractivity contribution in [1.82, 2.24) is 14.1 Å². The molecule has 10 aromatic carbocycles. The highest BCUT2D eigenvalue weighted by Crippen LogP contribution is 2.47. The SMILES string of the molecule is c1ccc2cc(-c3c4cc(-n5c6ccccc6c6ccccc65)ccc4c(-c4nccc5ccccc45)c4cc(-n5c6ccccc6c6ccccc65)ccc34)ccc2c1. The standard InChI is InChI=1S/C57H35N3/c1-2-15-38-33-39(26-25-36(38)13-1)55-47-29-27-41(60-53-23-11-7-19-45(53)46-20-8-12-24-54(46)60)35-50(47)56(57-42-16-4-3-14-37(42)31-32-58-57)48-30-28-40(34-49(48)55)59-51-21-9-5-17-43(51)44-18-6-10-22-52(44)59/h1-35H. The molecule has 0 saturated carbocycles. The normalized spacial score (nSPS) is 12.0. The Morgan fingerprint density at radius 2 is 0.733 bits per heavy atom. The number of rotatable bonds is 4. The Bertz CT molecular complexity index is 3790. The monoisotopic (exact) mass is 761 g/mol. The molecule has 3 nitrogen and oxygen atoms in total. The first-order chi connectivity index (χ1) is 29.8. The second-order valence-electron chi connectivity index (χ2n) is 15.9. The zero-order valence-electron chi connectivity index (χ0n) is 32.5. The maximum atomic E-state index is 5.26. The molecular weight excluding hydrogens is 727 g/mol. The zero-order valence-corrected chi connectivity index (χ0v) is 32.5. The van der Waals surface area contributed by atoms with Gasteiger partial charge in [0.2, 0.25) is 0 Å². The molecule has 0 unspecified atom stereocenters. The lowest BCUT2D eigenvalue weighted by atomic mass is 9.85. The molecule has 13 rings (SSSR count). The number of aromatic nitrogens is 3. The molecule has 0 amide bonds. The molecule has 0 aliphatic heterocycles. The maximum Gasteiger partial charge on any atom is 0.0792 e. The minimum Gasteiger partial charge on any atom is -0.309 e. The third kappa shape index (κ3) is 4.75. The van der Waals surface area contributed by atoms with Gasteiger partial charge in [0, 0.05) is 50.1 Å². The van der Waals surface area contributed by atoms with Gasteiger partial charge in [0.05, 0.1) is 27.8 Å². The summed E-state index contributed by atoms with van der Waals surface area (Å²) < 4.78 is 4.86. The van der Waals surface area contributed by atoms with Gasteiger partial charge in [0.1, 0.15) is 0 Å². The van der Waals surface area contributed by atoms with E-state index in [9.17, 15) is 0 Å². The van der Waals surface area contributed by atoms with Crippen LogP contribution in [0, 0.1) is 0 Å². The first-order valence-electron chi connectivity index (χ1n) is 20.6. The van der Waals surface area contributed by atoms with Crippen LogP contribution in [0.1, 0.15) is 0 Å². The first-order valence-corrected chi connectivity index (χ1v) is 20.6. The van der Waals surface area contributed by atoms with E-state index < -0.39 is 0 Å². The van der Waals surface area contributed by atoms with Gasteiger partial charge >= 0.3 is 0 Å². The summed E-state index contributed by atoms with van der Waals surface area (Å²) in [4.78, 5) is 5.26. The Morgan fingerprint density at radius 3 is 1.30 bits per heavy atom. The Kier molecular flexibility index (Phi) is 7.01. The van der Waals surface area contributed by atoms with Gasteiger partial charge in [-0.05, 0) is 109 Å². The van der Waals surface area contributed by atoms with Gasteiger partial charge in [-0.3, -0.25) is 4.98 Å². The van der Waals surface area contributed by atoms with Crippen LogP contribution in [0.2, 0.25) is 0 Å². The first kappa shape index (κ1) is 33.0. The number of hydrogen-bond acceptors (Lipinski definition) is 1. The van der Waals surface area contributed by atoms with E-state index in [4.69, 9.17) is 4.98 Å². The highest BCUT2D eigenvalue weighted by Gasteiger charge is 2.22. The number of hydrogen-bond donors (Lipinski definition) is 0. The average molecular weight is 762 g/mol. The molecule has 13 aromatic rings. The van der Waals surface area contributed by atoms with Crippen molar-refractivity contribution >= 4 is 86.7 Å². The van der Waals surface area contributed by atoms with Gasteiger partial charge in [0.15, 0.2) is 0 Å². The van der Waals surface area contributed by atoms with E-state index >= 15 is 0 Å². The molecule has 60 heavy (non-hydrogen) atoms. The smallest absolute Gasteiger partial charge is 0.0792 e. The van der Waals surface area contributed by atoms with Crippen LogP contribution < -0.4 is 0 Å². The van der Waals surface area contributed by atoms with Gasteiger partial charge in [-0.2, -0.15) is 0 Å². The van der Waals surface area contributed by atoms with Gasteiger partial charge in [0.25, 0.3) is 0 Å². The fourth-order valence-corrected chi connectivity index (χ4v) is 10.1. The predicted molar refractivity (Wildman–Crippen MR) is 254 cm³/mol. The summed E-state index contributed by atoms with van der Waals surface area (Å²) in [5.74, 6) is 0. The van der Waals surface area contributed by atoms with Crippen LogP contribution in [0.25, 0.3) is 120 Å². The summed E-state index contributed by atoms with van der Waals surface area (Å²) in [5.41, 5.74) is 11.5. The van der Waals surface area contributed by atoms with Gasteiger partial charge in [-0.25, -0.2) is 0 Å². The second-order valence-corrected chi connectivity index (χ2v) is 15.9. The van der Waals surface area contributed by atoms with Crippen molar-refractivity contribution in [2.24, 2.45) is 0 Å². The minimum absolute atomic E-state index is 0.983. The van der Waals surface area contributed by atoms with E-state index in [-0.39, 0.29) is 0 Å². The summed E-state index contributed by atoms with van der Waals surface area (Å²) in [7, 11) is 0. The lowest BCUT2D eigenvalue weighted by molar-refractivity contribution is 1.18. The summed E-state index contributed by atoms with van der Waals surface area (Å²) in [5, 5.41) is 14.4. The average Bonchev–Trinajstić information content (AvgIpc) is 3.83. The predicted octanol–water partition coefficient (Wildman–Crippen LogP) is 15.2. The highest BCUT2D eigenvalue weighted by molar-refractivity contribution is 6.24. The molecule has 0 saturated heterocycles. The van der Waals surface area contributed by atoms with Crippen molar-refractivity contribution < 1.29 is 0 Å². The Hall–Kier alpha value is -8.01. The number of benzene rings is 10. The molecule has 0 bridgehead atoms. The Morgan fingerprint density at radius 1 is 0.283 bits per heavy atom. The molecule has 3 heterocycles. The van der Waals surface area contributed by atoms with Crippen molar-refractivity contribution in [1.29, 1.82) is 0 Å². The van der Waals surface area contributed by atoms with Gasteiger partial charge < -0.3 is 9.13 Å². The van der Waals surface area contributed by atoms with Crippen LogP contribution in [0.5, 0.6) is 0 Å². The van der Waals surface area contributed by atoms with E-state index in [1.54, 1.807) is 0 Å². The van der Waals surface area contributed by atoms with Crippen LogP contribution in [-0.4, -0.2) is 14.1 Å². The van der Waals surface area contributed by atoms with Crippen molar-refractivity contribution in [2.45, 2.75) is 0 Å². The fraction of sp³-hybridized carbons (Fsp3) is 0. The largest absolute Gasteiger partial charge is 0.309 e. The summed E-state index contributed by atoms with van der Waals surface area (Å²) in [6, 6.07) is 75.6. The lowest BCUT2D eigenvalue weighted by Gasteiger charge is -2.21. The zero-order chi connectivity index (χ0) is 39.3. The lowest BCUT2D eigenvalue weighted by Crippen LogP contribution is -1.99. The second kappa shape index (κ2) is 12.7. The molecule has 0 spiro atoms. The van der Waals surface area contributed by atoms with Crippen LogP contribution >= 0.6 is 0 Å². The molecule has 0 fully saturated rings. The summed E-state index contributed by atoms with van der Waals surface area (Å²) in [6.45, 7) is 0. The van der Waals surface area contributed by atoms with E-state index in [2.05, 4.69) is 215 Å². The quantitative estimate of drug-likeness (QED) is 0.164. The van der Waals surface area contributed by atoms with E-state index in [1.807, 2.05) is 6.20 Å². The molecule has 3 heteroatoms. The van der Waals surface area contributed by atoms with Crippen molar-refractivity contribution in [2.75, 3.05) is 0 Å². The van der Waals surface area contributed by atoms with Crippen LogP contribution in [0.4, 0.5) is 0 Å². The molecule has 0 atom stereocenters. The molecule has 0 aliphatic rings. The molecule has 0 aliphatic carbocycles. The topological polar surface area (TPSA) is 22.8 Å². The molecular formula is C57H35N3. The molecule has 278 valence electrons. The summed E-state index contributed by atoms with van der Waals surface area (Å²) in [6.07, 6.45) is 1.97. The molecule has 3 aromatic heterocycles. The number of para-hydroxylation sites is 4. The van der Waals surface area contributed by atoms with Crippen LogP contribution in [-0.2, 0) is 0 Å². The van der Waals surface area contributed by atoms with Crippen LogP contribution in [0.3, 0.4) is 0 Å². The Balaban J connectivity index is 1.21. The molecule has 0 N–H and O–H groups in total. The van der Waals surface area contributed by atoms with E-state index in [1.165, 1.54) is 92.4 Å². The van der Waals surface area contributed by atoms with E-state index in [0.29, 0.717) is 0 Å². The highest BCUT2D eigenvalue weighted by atomic mass is 15.0. The molecule has 0 radical (unpaired) electrons. The van der Waals surface area contributed by atoms with E-state index in [0.717, 1.165) is 28.0 Å². The Labute approximate surface area is 345 Å². The minimum atomic E-state index is 0.983. The van der Waals surface area contributed by atoms with Crippen molar-refractivity contribution in [3.63, 3.8) is 0 Å². The number of pyridine rings is 1. The van der Waals surface area contributed by atoms with Gasteiger partial charge in [-0.1, -0.05) is 146 Å².